The van der Waals surface area contributed by atoms with Gasteiger partial charge in [-0.15, -0.1) is 0 Å². The zero-order valence-electron chi connectivity index (χ0n) is 7.33. The zero-order valence-corrected chi connectivity index (χ0v) is 9.66. The maximum absolute atomic E-state index is 5.85. The van der Waals surface area contributed by atoms with Crippen LogP contribution in [0, 0.1) is 0 Å². The fourth-order valence-electron chi connectivity index (χ4n) is 1.47. The van der Waals surface area contributed by atoms with Crippen molar-refractivity contribution in [1.29, 1.82) is 0 Å². The predicted molar refractivity (Wildman–Crippen MR) is 59.7 cm³/mol. The van der Waals surface area contributed by atoms with Crippen molar-refractivity contribution < 1.29 is 4.74 Å². The second-order valence-electron chi connectivity index (χ2n) is 3.05. The number of nitrogens with zero attached hydrogens (tertiary/aromatic N) is 2. The minimum Gasteiger partial charge on any atom is -0.472 e. The van der Waals surface area contributed by atoms with E-state index in [0.717, 1.165) is 16.1 Å². The standard InChI is InChI=1S/C9H4Cl2N2OS/c10-5-1-4-3-14-8-7(6(4)12-2-5)15-9(11)13-8/h1-2H,3H2. The lowest BCUT2D eigenvalue weighted by atomic mass is 10.1. The van der Waals surface area contributed by atoms with Crippen LogP contribution in [0.15, 0.2) is 12.3 Å². The van der Waals surface area contributed by atoms with E-state index in [1.54, 1.807) is 6.20 Å². The highest BCUT2D eigenvalue weighted by Crippen LogP contribution is 2.42. The first-order valence-corrected chi connectivity index (χ1v) is 5.75. The van der Waals surface area contributed by atoms with E-state index in [9.17, 15) is 0 Å². The van der Waals surface area contributed by atoms with Crippen LogP contribution in [0.25, 0.3) is 10.6 Å². The van der Waals surface area contributed by atoms with Crippen molar-refractivity contribution in [3.8, 4) is 16.5 Å². The maximum atomic E-state index is 5.85. The summed E-state index contributed by atoms with van der Waals surface area (Å²) in [7, 11) is 0. The number of hydrogen-bond donors (Lipinski definition) is 0. The number of hydrogen-bond acceptors (Lipinski definition) is 4. The molecule has 0 bridgehead atoms. The van der Waals surface area contributed by atoms with Crippen molar-refractivity contribution in [3.63, 3.8) is 0 Å². The molecule has 0 amide bonds. The number of ether oxygens (including phenoxy) is 1. The van der Waals surface area contributed by atoms with Crippen molar-refractivity contribution in [2.24, 2.45) is 0 Å². The largest absolute Gasteiger partial charge is 0.472 e. The van der Waals surface area contributed by atoms with Crippen molar-refractivity contribution >= 4 is 34.5 Å². The van der Waals surface area contributed by atoms with Gasteiger partial charge in [0.1, 0.15) is 11.5 Å². The lowest BCUT2D eigenvalue weighted by Gasteiger charge is -2.14. The van der Waals surface area contributed by atoms with E-state index in [-0.39, 0.29) is 0 Å². The Labute approximate surface area is 99.6 Å². The number of halogens is 2. The molecule has 3 rings (SSSR count). The Kier molecular flexibility index (Phi) is 2.09. The van der Waals surface area contributed by atoms with Gasteiger partial charge in [0.05, 0.1) is 10.7 Å². The molecule has 2 aromatic rings. The van der Waals surface area contributed by atoms with Crippen molar-refractivity contribution in [2.75, 3.05) is 0 Å². The summed E-state index contributed by atoms with van der Waals surface area (Å²) in [6.07, 6.45) is 1.61. The summed E-state index contributed by atoms with van der Waals surface area (Å²) < 4.78 is 5.90. The lowest BCUT2D eigenvalue weighted by molar-refractivity contribution is 0.291. The molecule has 0 aromatic carbocycles. The summed E-state index contributed by atoms with van der Waals surface area (Å²) in [5.41, 5.74) is 1.83. The third kappa shape index (κ3) is 1.49. The predicted octanol–water partition coefficient (Wildman–Crippen LogP) is 3.40. The van der Waals surface area contributed by atoms with E-state index in [1.807, 2.05) is 6.07 Å². The van der Waals surface area contributed by atoms with Crippen molar-refractivity contribution in [3.05, 3.63) is 27.3 Å². The molecule has 0 atom stereocenters. The van der Waals surface area contributed by atoms with Crippen LogP contribution in [0.5, 0.6) is 5.88 Å². The second-order valence-corrected chi connectivity index (χ2v) is 5.07. The van der Waals surface area contributed by atoms with Crippen LogP contribution in [0.3, 0.4) is 0 Å². The average Bonchev–Trinajstić information content (AvgIpc) is 2.58. The molecule has 1 aliphatic rings. The van der Waals surface area contributed by atoms with Gasteiger partial charge in [0, 0.05) is 11.8 Å². The first kappa shape index (κ1) is 9.39. The Morgan fingerprint density at radius 3 is 3.13 bits per heavy atom. The Bertz CT molecular complexity index is 541. The quantitative estimate of drug-likeness (QED) is 0.727. The highest BCUT2D eigenvalue weighted by molar-refractivity contribution is 7.19. The summed E-state index contributed by atoms with van der Waals surface area (Å²) in [4.78, 5) is 9.21. The van der Waals surface area contributed by atoms with Gasteiger partial charge in [-0.3, -0.25) is 4.98 Å². The fraction of sp³-hybridized carbons (Fsp3) is 0.111. The third-order valence-electron chi connectivity index (χ3n) is 2.08. The van der Waals surface area contributed by atoms with E-state index in [0.29, 0.717) is 22.0 Å². The Morgan fingerprint density at radius 2 is 2.27 bits per heavy atom. The molecular formula is C9H4Cl2N2OS. The Morgan fingerprint density at radius 1 is 1.40 bits per heavy atom. The molecule has 0 radical (unpaired) electrons. The Balaban J connectivity index is 2.25. The zero-order chi connectivity index (χ0) is 10.4. The normalized spacial score (nSPS) is 12.9. The van der Waals surface area contributed by atoms with Crippen LogP contribution in [0.4, 0.5) is 0 Å². The van der Waals surface area contributed by atoms with E-state index in [1.165, 1.54) is 11.3 Å². The van der Waals surface area contributed by atoms with Crippen LogP contribution in [0.1, 0.15) is 5.56 Å². The van der Waals surface area contributed by atoms with Gasteiger partial charge < -0.3 is 4.74 Å². The number of aromatic nitrogens is 2. The maximum Gasteiger partial charge on any atom is 0.236 e. The highest BCUT2D eigenvalue weighted by Gasteiger charge is 2.23. The summed E-state index contributed by atoms with van der Waals surface area (Å²) >= 11 is 13.0. The van der Waals surface area contributed by atoms with Crippen LogP contribution in [-0.4, -0.2) is 9.97 Å². The number of rotatable bonds is 0. The van der Waals surface area contributed by atoms with Gasteiger partial charge in [-0.2, -0.15) is 4.98 Å². The fourth-order valence-corrected chi connectivity index (χ4v) is 2.73. The molecule has 0 spiro atoms. The summed E-state index contributed by atoms with van der Waals surface area (Å²) in [5.74, 6) is 0.562. The molecule has 0 saturated carbocycles. The number of pyridine rings is 1. The highest BCUT2D eigenvalue weighted by atomic mass is 35.5. The van der Waals surface area contributed by atoms with Gasteiger partial charge >= 0.3 is 0 Å². The van der Waals surface area contributed by atoms with E-state index in [4.69, 9.17) is 27.9 Å². The van der Waals surface area contributed by atoms with Gasteiger partial charge in [0.15, 0.2) is 4.47 Å². The third-order valence-corrected chi connectivity index (χ3v) is 3.44. The molecule has 6 heteroatoms. The summed E-state index contributed by atoms with van der Waals surface area (Å²) in [6.45, 7) is 0.440. The van der Waals surface area contributed by atoms with Crippen LogP contribution < -0.4 is 4.74 Å². The van der Waals surface area contributed by atoms with Gasteiger partial charge in [-0.05, 0) is 6.07 Å². The first-order valence-electron chi connectivity index (χ1n) is 4.18. The van der Waals surface area contributed by atoms with E-state index in [2.05, 4.69) is 9.97 Å². The molecule has 0 saturated heterocycles. The van der Waals surface area contributed by atoms with Crippen LogP contribution >= 0.6 is 34.5 Å². The molecule has 0 aliphatic carbocycles. The van der Waals surface area contributed by atoms with Crippen LogP contribution in [-0.2, 0) is 6.61 Å². The Hall–Kier alpha value is -0.840. The van der Waals surface area contributed by atoms with Crippen molar-refractivity contribution in [2.45, 2.75) is 6.61 Å². The monoisotopic (exact) mass is 258 g/mol. The molecule has 15 heavy (non-hydrogen) atoms. The molecule has 0 fully saturated rings. The topological polar surface area (TPSA) is 35.0 Å². The molecular weight excluding hydrogens is 255 g/mol. The molecule has 0 N–H and O–H groups in total. The minimum atomic E-state index is 0.440. The van der Waals surface area contributed by atoms with Gasteiger partial charge in [0.2, 0.25) is 5.88 Å². The smallest absolute Gasteiger partial charge is 0.236 e. The lowest BCUT2D eigenvalue weighted by Crippen LogP contribution is -2.05. The van der Waals surface area contributed by atoms with Gasteiger partial charge in [-0.1, -0.05) is 34.5 Å². The number of thiazole rings is 1. The molecule has 3 heterocycles. The van der Waals surface area contributed by atoms with Gasteiger partial charge in [-0.25, -0.2) is 0 Å². The van der Waals surface area contributed by atoms with E-state index >= 15 is 0 Å². The molecule has 2 aromatic heterocycles. The number of fused-ring (bicyclic) bond motifs is 3. The second kappa shape index (κ2) is 3.33. The summed E-state index contributed by atoms with van der Waals surface area (Å²) in [5, 5.41) is 0.608. The average molecular weight is 259 g/mol. The first-order chi connectivity index (χ1) is 7.24. The summed E-state index contributed by atoms with van der Waals surface area (Å²) in [6, 6.07) is 1.85. The van der Waals surface area contributed by atoms with Crippen molar-refractivity contribution in [1.82, 2.24) is 9.97 Å². The van der Waals surface area contributed by atoms with Crippen LogP contribution in [0.2, 0.25) is 9.49 Å². The molecule has 1 aliphatic heterocycles. The van der Waals surface area contributed by atoms with Gasteiger partial charge in [0.25, 0.3) is 0 Å². The van der Waals surface area contributed by atoms with E-state index < -0.39 is 0 Å². The molecule has 3 nitrogen and oxygen atoms in total. The molecule has 0 unspecified atom stereocenters. The SMILES string of the molecule is Clc1cnc2c(c1)COc1nc(Cl)sc1-2. The minimum absolute atomic E-state index is 0.440. The molecule has 76 valence electrons.